The zero-order valence-electron chi connectivity index (χ0n) is 18.2. The molecule has 4 N–H and O–H groups in total. The van der Waals surface area contributed by atoms with Gasteiger partial charge in [-0.2, -0.15) is 9.55 Å². The van der Waals surface area contributed by atoms with Gasteiger partial charge in [0.05, 0.1) is 6.26 Å². The number of hydrogen-bond acceptors (Lipinski definition) is 10. The summed E-state index contributed by atoms with van der Waals surface area (Å²) in [5, 5.41) is 16.5. The number of aromatic nitrogens is 2. The number of amides is 2. The molecular formula is C21H19N6O7S+. The monoisotopic (exact) mass is 499 g/mol. The number of fused-ring (bicyclic) bond motifs is 2. The smallest absolute Gasteiger partial charge is 0.352 e. The lowest BCUT2D eigenvalue weighted by Gasteiger charge is -2.49. The Kier molecular flexibility index (Phi) is 5.64. The summed E-state index contributed by atoms with van der Waals surface area (Å²) in [6.45, 7) is 0.261. The van der Waals surface area contributed by atoms with Crippen LogP contribution >= 0.6 is 11.8 Å². The van der Waals surface area contributed by atoms with Crippen molar-refractivity contribution < 1.29 is 37.7 Å². The lowest BCUT2D eigenvalue weighted by molar-refractivity contribution is -0.688. The Morgan fingerprint density at radius 1 is 1.43 bits per heavy atom. The molecule has 2 aliphatic heterocycles. The highest BCUT2D eigenvalue weighted by molar-refractivity contribution is 8.00. The van der Waals surface area contributed by atoms with E-state index >= 15 is 0 Å². The van der Waals surface area contributed by atoms with Gasteiger partial charge in [0, 0.05) is 22.8 Å². The molecule has 180 valence electrons. The van der Waals surface area contributed by atoms with Crippen molar-refractivity contribution in [3.8, 4) is 0 Å². The van der Waals surface area contributed by atoms with Crippen LogP contribution in [0, 0.1) is 0 Å². The first-order valence-electron chi connectivity index (χ1n) is 10.3. The fourth-order valence-electron chi connectivity index (χ4n) is 3.97. The molecule has 14 heteroatoms. The molecule has 0 bridgehead atoms. The van der Waals surface area contributed by atoms with E-state index in [2.05, 4.69) is 15.5 Å². The molecule has 1 fully saturated rings. The van der Waals surface area contributed by atoms with E-state index < -0.39 is 29.2 Å². The Morgan fingerprint density at radius 3 is 2.97 bits per heavy atom. The minimum atomic E-state index is -1.22. The van der Waals surface area contributed by atoms with E-state index in [-0.39, 0.29) is 29.7 Å². The van der Waals surface area contributed by atoms with Crippen LogP contribution < -0.4 is 15.6 Å². The predicted octanol–water partition coefficient (Wildman–Crippen LogP) is 0.0798. The van der Waals surface area contributed by atoms with Crippen LogP contribution in [0.5, 0.6) is 0 Å². The molecule has 1 unspecified atom stereocenters. The van der Waals surface area contributed by atoms with Crippen LogP contribution in [-0.2, 0) is 25.8 Å². The normalized spacial score (nSPS) is 20.0. The second-order valence-electron chi connectivity index (χ2n) is 7.67. The number of carbonyl (C=O) groups is 3. The molecule has 35 heavy (non-hydrogen) atoms. The molecule has 2 aliphatic rings. The van der Waals surface area contributed by atoms with E-state index in [1.807, 2.05) is 18.3 Å². The highest BCUT2D eigenvalue weighted by Crippen LogP contribution is 2.40. The topological polar surface area (TPSA) is 177 Å². The van der Waals surface area contributed by atoms with Crippen LogP contribution in [0.25, 0.3) is 11.0 Å². The van der Waals surface area contributed by atoms with Crippen LogP contribution in [0.15, 0.2) is 62.3 Å². The van der Waals surface area contributed by atoms with Gasteiger partial charge in [-0.25, -0.2) is 4.79 Å². The minimum absolute atomic E-state index is 0.0285. The van der Waals surface area contributed by atoms with Crippen molar-refractivity contribution in [2.45, 2.75) is 18.0 Å². The van der Waals surface area contributed by atoms with Gasteiger partial charge in [-0.05, 0) is 6.07 Å². The molecule has 0 aliphatic carbocycles. The number of β-lactam (4-membered cyclic amide) rings is 1. The van der Waals surface area contributed by atoms with Crippen molar-refractivity contribution in [2.24, 2.45) is 5.16 Å². The van der Waals surface area contributed by atoms with Gasteiger partial charge in [-0.15, -0.1) is 11.8 Å². The molecule has 3 aromatic rings. The molecule has 5 rings (SSSR count). The molecule has 0 aromatic carbocycles. The third-order valence-corrected chi connectivity index (χ3v) is 6.87. The highest BCUT2D eigenvalue weighted by Gasteiger charge is 2.54. The van der Waals surface area contributed by atoms with Crippen LogP contribution in [0.1, 0.15) is 5.69 Å². The van der Waals surface area contributed by atoms with Crippen molar-refractivity contribution in [1.29, 1.82) is 0 Å². The molecule has 0 radical (unpaired) electrons. The van der Waals surface area contributed by atoms with E-state index in [1.165, 1.54) is 23.8 Å². The molecule has 5 heterocycles. The average molecular weight is 499 g/mol. The molecule has 13 nitrogen and oxygen atoms in total. The number of carbonyl (C=O) groups excluding carboxylic acids is 2. The van der Waals surface area contributed by atoms with E-state index in [4.69, 9.17) is 19.4 Å². The number of hydrogen-bond donors (Lipinski definition) is 3. The molecule has 2 atom stereocenters. The molecule has 1 saturated heterocycles. The average Bonchev–Trinajstić information content (AvgIpc) is 3.48. The first kappa shape index (κ1) is 22.5. The Bertz CT molecular complexity index is 1410. The maximum absolute atomic E-state index is 13.0. The number of pyridine rings is 1. The van der Waals surface area contributed by atoms with E-state index in [0.29, 0.717) is 16.9 Å². The van der Waals surface area contributed by atoms with Crippen molar-refractivity contribution in [2.75, 3.05) is 18.6 Å². The Hall–Kier alpha value is -4.33. The summed E-state index contributed by atoms with van der Waals surface area (Å²) < 4.78 is 12.1. The summed E-state index contributed by atoms with van der Waals surface area (Å²) in [5.74, 6) is -2.16. The molecule has 2 amide bonds. The number of thioether (sulfide) groups is 1. The Morgan fingerprint density at radius 2 is 2.26 bits per heavy atom. The third-order valence-electron chi connectivity index (χ3n) is 5.53. The predicted molar refractivity (Wildman–Crippen MR) is 121 cm³/mol. The largest absolute Gasteiger partial charge is 0.477 e. The summed E-state index contributed by atoms with van der Waals surface area (Å²) in [4.78, 5) is 47.6. The van der Waals surface area contributed by atoms with Gasteiger partial charge < -0.3 is 29.8 Å². The van der Waals surface area contributed by atoms with Gasteiger partial charge in [0.2, 0.25) is 6.20 Å². The zero-order chi connectivity index (χ0) is 24.7. The molecular weight excluding hydrogens is 480 g/mol. The van der Waals surface area contributed by atoms with Crippen molar-refractivity contribution in [3.63, 3.8) is 0 Å². The first-order valence-corrected chi connectivity index (χ1v) is 11.3. The number of rotatable bonds is 7. The van der Waals surface area contributed by atoms with Crippen molar-refractivity contribution in [3.05, 3.63) is 54.0 Å². The van der Waals surface area contributed by atoms with Gasteiger partial charge >= 0.3 is 5.97 Å². The number of furan rings is 1. The minimum Gasteiger partial charge on any atom is -0.477 e. The molecule has 3 aromatic heterocycles. The van der Waals surface area contributed by atoms with Gasteiger partial charge in [0.15, 0.2) is 24.0 Å². The summed E-state index contributed by atoms with van der Waals surface area (Å²) in [6.07, 6.45) is 6.29. The maximum atomic E-state index is 13.0. The SMILES string of the molecule is CON=C(C(=O)NC1C(=O)N2C(C(=O)O)=C(C[n+]3ccc4ccoc4c3)CS[C@H]12)c1coc(N)n1. The van der Waals surface area contributed by atoms with Crippen LogP contribution in [0.4, 0.5) is 6.01 Å². The number of nitrogen functional groups attached to an aromatic ring is 1. The number of oxazole rings is 1. The van der Waals surface area contributed by atoms with Crippen molar-refractivity contribution >= 4 is 52.2 Å². The fourth-order valence-corrected chi connectivity index (χ4v) is 5.30. The summed E-state index contributed by atoms with van der Waals surface area (Å²) in [6, 6.07) is 2.57. The number of nitrogens with zero attached hydrogens (tertiary/aromatic N) is 4. The van der Waals surface area contributed by atoms with Gasteiger partial charge in [0.25, 0.3) is 17.8 Å². The van der Waals surface area contributed by atoms with Gasteiger partial charge in [0.1, 0.15) is 36.2 Å². The second-order valence-corrected chi connectivity index (χ2v) is 8.77. The second kappa shape index (κ2) is 8.79. The summed E-state index contributed by atoms with van der Waals surface area (Å²) in [7, 11) is 1.25. The summed E-state index contributed by atoms with van der Waals surface area (Å²) >= 11 is 1.35. The first-order chi connectivity index (χ1) is 16.9. The van der Waals surface area contributed by atoms with E-state index in [0.717, 1.165) is 11.6 Å². The fraction of sp³-hybridized carbons (Fsp3) is 0.238. The number of oxime groups is 1. The lowest BCUT2D eigenvalue weighted by atomic mass is 10.0. The van der Waals surface area contributed by atoms with Crippen molar-refractivity contribution in [1.82, 2.24) is 15.2 Å². The van der Waals surface area contributed by atoms with Crippen LogP contribution in [-0.4, -0.2) is 62.8 Å². The Labute approximate surface area is 201 Å². The maximum Gasteiger partial charge on any atom is 0.352 e. The van der Waals surface area contributed by atoms with Crippen LogP contribution in [0.3, 0.4) is 0 Å². The van der Waals surface area contributed by atoms with E-state index in [1.54, 1.807) is 17.0 Å². The zero-order valence-corrected chi connectivity index (χ0v) is 19.0. The number of anilines is 1. The van der Waals surface area contributed by atoms with E-state index in [9.17, 15) is 19.5 Å². The quantitative estimate of drug-likeness (QED) is 0.175. The molecule has 0 spiro atoms. The molecule has 0 saturated carbocycles. The number of nitrogens with one attached hydrogen (secondary N) is 1. The standard InChI is InChI=1S/C21H18N6O7S/c1-32-25-14(12-8-34-21(22)23-12)17(28)24-15-18(29)27-16(20(30)31)11(9-35-19(15)27)6-26-4-2-10-3-5-33-13(10)7-26/h2-5,7-8,15,19H,6,9H2,1H3,(H3-,22,23,24,28,30,31)/p+1/t15?,19-/m1/s1. The number of carboxylic acids is 1. The van der Waals surface area contributed by atoms with Gasteiger partial charge in [-0.3, -0.25) is 14.5 Å². The van der Waals surface area contributed by atoms with Crippen LogP contribution in [0.2, 0.25) is 0 Å². The highest BCUT2D eigenvalue weighted by atomic mass is 32.2. The lowest BCUT2D eigenvalue weighted by Crippen LogP contribution is -2.71. The summed E-state index contributed by atoms with van der Waals surface area (Å²) in [5.41, 5.74) is 6.38. The number of aliphatic carboxylic acids is 1. The third kappa shape index (κ3) is 3.97. The Balaban J connectivity index is 1.36. The number of carboxylic acid groups (broad SMARTS) is 1. The number of nitrogens with two attached hydrogens (primary N) is 1. The van der Waals surface area contributed by atoms with Gasteiger partial charge in [-0.1, -0.05) is 5.16 Å².